The molecule has 0 amide bonds. The van der Waals surface area contributed by atoms with Gasteiger partial charge < -0.3 is 17.0 Å². The molecule has 0 aromatic rings. The van der Waals surface area contributed by atoms with Crippen LogP contribution in [0.2, 0.25) is 0 Å². The van der Waals surface area contributed by atoms with Gasteiger partial charge in [-0.1, -0.05) is 26.2 Å². The van der Waals surface area contributed by atoms with E-state index < -0.39 is 0 Å². The first-order valence-electron chi connectivity index (χ1n) is 3.08. The van der Waals surface area contributed by atoms with Crippen molar-refractivity contribution >= 4 is 0 Å². The van der Waals surface area contributed by atoms with E-state index in [1.54, 1.807) is 0 Å². The van der Waals surface area contributed by atoms with Crippen molar-refractivity contribution in [1.82, 2.24) is 0 Å². The first kappa shape index (κ1) is 16.9. The molecule has 0 N–H and O–H groups in total. The number of nitrogens with zero attached hydrogens (tertiary/aromatic N) is 1. The van der Waals surface area contributed by atoms with Crippen molar-refractivity contribution in [3.8, 4) is 6.07 Å². The van der Waals surface area contributed by atoms with E-state index in [1.807, 2.05) is 0 Å². The van der Waals surface area contributed by atoms with Gasteiger partial charge in [0.25, 0.3) is 0 Å². The van der Waals surface area contributed by atoms with Crippen LogP contribution in [-0.2, 0) is 19.5 Å². The van der Waals surface area contributed by atoms with Crippen molar-refractivity contribution in [2.45, 2.75) is 32.1 Å². The topological polar surface area (TPSA) is 23.8 Å². The normalized spacial score (nSPS) is 6.80. The summed E-state index contributed by atoms with van der Waals surface area (Å²) in [5.41, 5.74) is 0. The van der Waals surface area contributed by atoms with Gasteiger partial charge in [-0.25, -0.2) is 0 Å². The summed E-state index contributed by atoms with van der Waals surface area (Å²) in [5, 5.41) is 8.10. The fourth-order valence-electron chi connectivity index (χ4n) is 0.558. The van der Waals surface area contributed by atoms with Gasteiger partial charge in [-0.15, -0.1) is 0 Å². The SMILES string of the molecule is [Br-].[CH2]CCCCCC#N.[Zn]. The van der Waals surface area contributed by atoms with Crippen LogP contribution in [0.3, 0.4) is 0 Å². The van der Waals surface area contributed by atoms with Gasteiger partial charge in [-0.3, -0.25) is 0 Å². The fourth-order valence-corrected chi connectivity index (χ4v) is 0.558. The maximum absolute atomic E-state index is 8.10. The molecule has 0 aliphatic carbocycles. The minimum absolute atomic E-state index is 0. The molecule has 0 fully saturated rings. The molecule has 0 saturated heterocycles. The zero-order valence-corrected chi connectivity index (χ0v) is 10.8. The summed E-state index contributed by atoms with van der Waals surface area (Å²) in [7, 11) is 0. The molecule has 10 heavy (non-hydrogen) atoms. The van der Waals surface area contributed by atoms with Crippen LogP contribution >= 0.6 is 0 Å². The third-order valence-corrected chi connectivity index (χ3v) is 1.04. The van der Waals surface area contributed by atoms with Crippen LogP contribution in [0.15, 0.2) is 0 Å². The Kier molecular flexibility index (Phi) is 27.6. The van der Waals surface area contributed by atoms with Gasteiger partial charge in [-0.05, 0) is 6.42 Å². The van der Waals surface area contributed by atoms with Crippen LogP contribution < -0.4 is 17.0 Å². The molecule has 0 unspecified atom stereocenters. The Balaban J connectivity index is -0.000000245. The van der Waals surface area contributed by atoms with E-state index in [4.69, 9.17) is 5.26 Å². The molecule has 55 valence electrons. The number of rotatable bonds is 4. The number of halogens is 1. The van der Waals surface area contributed by atoms with E-state index in [0.29, 0.717) is 6.42 Å². The molecule has 0 aliphatic heterocycles. The fraction of sp³-hybridized carbons (Fsp3) is 0.714. The summed E-state index contributed by atoms with van der Waals surface area (Å²) in [5.74, 6) is 0. The molecule has 0 spiro atoms. The van der Waals surface area contributed by atoms with Crippen LogP contribution in [-0.4, -0.2) is 0 Å². The Morgan fingerprint density at radius 1 is 1.20 bits per heavy atom. The zero-order chi connectivity index (χ0) is 6.24. The van der Waals surface area contributed by atoms with Gasteiger partial charge in [0, 0.05) is 25.9 Å². The molecule has 1 nitrogen and oxygen atoms in total. The van der Waals surface area contributed by atoms with Crippen molar-refractivity contribution in [2.24, 2.45) is 0 Å². The number of unbranched alkanes of at least 4 members (excludes halogenated alkanes) is 4. The minimum atomic E-state index is 0. The summed E-state index contributed by atoms with van der Waals surface area (Å²) in [4.78, 5) is 0. The molecular weight excluding hydrogens is 243 g/mol. The molecule has 0 atom stereocenters. The Bertz CT molecular complexity index is 80.2. The zero-order valence-electron chi connectivity index (χ0n) is 6.27. The molecular formula is C7H12BrNZn-. The predicted octanol–water partition coefficient (Wildman–Crippen LogP) is -0.704. The van der Waals surface area contributed by atoms with E-state index >= 15 is 0 Å². The van der Waals surface area contributed by atoms with Gasteiger partial charge in [0.1, 0.15) is 0 Å². The third-order valence-electron chi connectivity index (χ3n) is 1.04. The molecule has 0 aromatic heterocycles. The minimum Gasteiger partial charge on any atom is -1.00 e. The largest absolute Gasteiger partial charge is 1.00 e. The molecule has 0 aromatic carbocycles. The molecule has 0 heterocycles. The second-order valence-corrected chi connectivity index (χ2v) is 1.82. The van der Waals surface area contributed by atoms with E-state index in [2.05, 4.69) is 13.0 Å². The molecule has 3 heteroatoms. The summed E-state index contributed by atoms with van der Waals surface area (Å²) < 4.78 is 0. The maximum Gasteiger partial charge on any atom is 0.0621 e. The van der Waals surface area contributed by atoms with Gasteiger partial charge >= 0.3 is 0 Å². The number of hydrogen-bond donors (Lipinski definition) is 0. The first-order chi connectivity index (χ1) is 3.91. The van der Waals surface area contributed by atoms with Crippen LogP contribution in [0.25, 0.3) is 0 Å². The summed E-state index contributed by atoms with van der Waals surface area (Å²) in [6.45, 7) is 3.70. The molecule has 0 aliphatic rings. The van der Waals surface area contributed by atoms with Crippen LogP contribution in [0, 0.1) is 18.3 Å². The Morgan fingerprint density at radius 3 is 2.20 bits per heavy atom. The van der Waals surface area contributed by atoms with Crippen LogP contribution in [0.1, 0.15) is 32.1 Å². The van der Waals surface area contributed by atoms with Crippen molar-refractivity contribution in [2.75, 3.05) is 0 Å². The van der Waals surface area contributed by atoms with Gasteiger partial charge in [0.2, 0.25) is 0 Å². The van der Waals surface area contributed by atoms with Crippen molar-refractivity contribution in [3.05, 3.63) is 6.92 Å². The van der Waals surface area contributed by atoms with Gasteiger partial charge in [0.05, 0.1) is 6.07 Å². The summed E-state index contributed by atoms with van der Waals surface area (Å²) in [6.07, 6.45) is 5.09. The molecule has 0 rings (SSSR count). The Hall–Kier alpha value is 0.593. The van der Waals surface area contributed by atoms with E-state index in [9.17, 15) is 0 Å². The summed E-state index contributed by atoms with van der Waals surface area (Å²) in [6, 6.07) is 2.11. The third kappa shape index (κ3) is 15.8. The van der Waals surface area contributed by atoms with E-state index in [-0.39, 0.29) is 36.5 Å². The summed E-state index contributed by atoms with van der Waals surface area (Å²) >= 11 is 0. The quantitative estimate of drug-likeness (QED) is 0.481. The molecule has 0 bridgehead atoms. The average Bonchev–Trinajstić information content (AvgIpc) is 1.81. The van der Waals surface area contributed by atoms with Crippen molar-refractivity contribution in [1.29, 1.82) is 5.26 Å². The number of nitriles is 1. The average molecular weight is 255 g/mol. The van der Waals surface area contributed by atoms with Gasteiger partial charge in [0.15, 0.2) is 0 Å². The second kappa shape index (κ2) is 16.3. The monoisotopic (exact) mass is 253 g/mol. The smallest absolute Gasteiger partial charge is 0.0621 e. The first-order valence-corrected chi connectivity index (χ1v) is 3.08. The van der Waals surface area contributed by atoms with E-state index in [1.165, 1.54) is 6.42 Å². The standard InChI is InChI=1S/C7H12N.BrH.Zn/c1-2-3-4-5-6-7-8;;/h1-6H2;1H;/p-1. The number of hydrogen-bond acceptors (Lipinski definition) is 1. The predicted molar refractivity (Wildman–Crippen MR) is 34.1 cm³/mol. The molecule has 1 radical (unpaired) electrons. The van der Waals surface area contributed by atoms with Crippen LogP contribution in [0.5, 0.6) is 0 Å². The van der Waals surface area contributed by atoms with Crippen LogP contribution in [0.4, 0.5) is 0 Å². The Labute approximate surface area is 86.7 Å². The van der Waals surface area contributed by atoms with Crippen molar-refractivity contribution in [3.63, 3.8) is 0 Å². The van der Waals surface area contributed by atoms with Gasteiger partial charge in [-0.2, -0.15) is 5.26 Å². The maximum atomic E-state index is 8.10. The van der Waals surface area contributed by atoms with Crippen molar-refractivity contribution < 1.29 is 36.5 Å². The molecule has 0 saturated carbocycles. The Morgan fingerprint density at radius 2 is 1.80 bits per heavy atom. The second-order valence-electron chi connectivity index (χ2n) is 1.82. The van der Waals surface area contributed by atoms with E-state index in [0.717, 1.165) is 19.3 Å².